The van der Waals surface area contributed by atoms with Crippen LogP contribution in [0.1, 0.15) is 53.5 Å². The molecular formula is C35H35ClF8N2O2. The fraction of sp³-hybridized carbons (Fsp3) is 0.457. The standard InChI is InChI=1S/C35H35F8N2O2.ClH/c36-29-7-6-26(19-30(29)37)33(11-15-45-12-8-32(9-13-45,10-14-45)20-24-4-2-1-3-5-24)23-44(31(46)22-47-33)21-25-16-27(34(38,39)40)18-28(17-25)35(41,42)43;/h1-7,16-19H,8-15,20-23H2;1H/q+1;/p-1. The second kappa shape index (κ2) is 13.2. The van der Waals surface area contributed by atoms with E-state index in [4.69, 9.17) is 4.74 Å². The van der Waals surface area contributed by atoms with Gasteiger partial charge in [-0.1, -0.05) is 36.4 Å². The fourth-order valence-electron chi connectivity index (χ4n) is 7.64. The van der Waals surface area contributed by atoms with Crippen LogP contribution in [0.25, 0.3) is 0 Å². The van der Waals surface area contributed by atoms with Crippen LogP contribution in [-0.4, -0.2) is 54.6 Å². The Morgan fingerprint density at radius 3 is 1.94 bits per heavy atom. The van der Waals surface area contributed by atoms with E-state index in [-0.39, 0.29) is 48.0 Å². The summed E-state index contributed by atoms with van der Waals surface area (Å²) < 4.78 is 117. The number of benzene rings is 3. The molecule has 3 aromatic rings. The van der Waals surface area contributed by atoms with Crippen LogP contribution in [0.5, 0.6) is 0 Å². The number of rotatable bonds is 8. The van der Waals surface area contributed by atoms with Crippen LogP contribution in [0.2, 0.25) is 0 Å². The van der Waals surface area contributed by atoms with Crippen molar-refractivity contribution in [1.29, 1.82) is 0 Å². The first-order valence-electron chi connectivity index (χ1n) is 15.6. The highest BCUT2D eigenvalue weighted by Crippen LogP contribution is 2.47. The molecule has 0 N–H and O–H groups in total. The molecule has 2 bridgehead atoms. The number of hydrogen-bond acceptors (Lipinski definition) is 2. The summed E-state index contributed by atoms with van der Waals surface area (Å²) in [5, 5.41) is 0. The molecule has 1 atom stereocenters. The van der Waals surface area contributed by atoms with Crippen LogP contribution in [0.4, 0.5) is 35.1 Å². The number of hydrogen-bond donors (Lipinski definition) is 0. The first kappa shape index (κ1) is 36.1. The number of carbonyl (C=O) groups is 1. The molecule has 4 aliphatic rings. The predicted molar refractivity (Wildman–Crippen MR) is 157 cm³/mol. The SMILES string of the molecule is O=C1COC(CC[N+]23CCC(Cc4ccccc4)(CC2)CC3)(c2ccc(F)c(F)c2)CN1Cc1cc(C(F)(F)F)cc(C(F)(F)F)c1.[Cl-]. The molecule has 1 unspecified atom stereocenters. The molecule has 4 nitrogen and oxygen atoms in total. The Bertz CT molecular complexity index is 1570. The highest BCUT2D eigenvalue weighted by atomic mass is 35.5. The summed E-state index contributed by atoms with van der Waals surface area (Å²) >= 11 is 0. The van der Waals surface area contributed by atoms with Gasteiger partial charge in [-0.05, 0) is 58.9 Å². The fourth-order valence-corrected chi connectivity index (χ4v) is 7.64. The van der Waals surface area contributed by atoms with Gasteiger partial charge in [0.15, 0.2) is 11.6 Å². The summed E-state index contributed by atoms with van der Waals surface area (Å²) in [5.41, 5.74) is -2.92. The average Bonchev–Trinajstić information content (AvgIpc) is 3.03. The van der Waals surface area contributed by atoms with Gasteiger partial charge < -0.3 is 26.5 Å². The van der Waals surface area contributed by atoms with E-state index in [9.17, 15) is 39.9 Å². The zero-order valence-electron chi connectivity index (χ0n) is 25.9. The number of alkyl halides is 6. The highest BCUT2D eigenvalue weighted by molar-refractivity contribution is 5.78. The smallest absolute Gasteiger partial charge is 0.416 e. The molecule has 0 aliphatic carbocycles. The van der Waals surface area contributed by atoms with Crippen molar-refractivity contribution in [2.45, 2.75) is 56.6 Å². The largest absolute Gasteiger partial charge is 1.00 e. The first-order chi connectivity index (χ1) is 22.1. The van der Waals surface area contributed by atoms with Crippen molar-refractivity contribution < 1.29 is 61.5 Å². The number of amides is 1. The maximum absolute atomic E-state index is 14.6. The van der Waals surface area contributed by atoms with Gasteiger partial charge in [-0.15, -0.1) is 0 Å². The molecule has 4 heterocycles. The second-order valence-electron chi connectivity index (χ2n) is 13.5. The third-order valence-corrected chi connectivity index (χ3v) is 10.5. The quantitative estimate of drug-likeness (QED) is 0.247. The molecule has 0 saturated carbocycles. The van der Waals surface area contributed by atoms with E-state index in [1.54, 1.807) is 0 Å². The number of morpholine rings is 1. The number of piperidine rings is 3. The molecule has 4 saturated heterocycles. The monoisotopic (exact) mass is 702 g/mol. The van der Waals surface area contributed by atoms with Crippen LogP contribution in [0, 0.1) is 17.0 Å². The van der Waals surface area contributed by atoms with Crippen LogP contribution >= 0.6 is 0 Å². The highest BCUT2D eigenvalue weighted by Gasteiger charge is 2.51. The topological polar surface area (TPSA) is 29.5 Å². The van der Waals surface area contributed by atoms with Gasteiger partial charge in [-0.25, -0.2) is 8.78 Å². The summed E-state index contributed by atoms with van der Waals surface area (Å²) in [6.07, 6.45) is -5.76. The Morgan fingerprint density at radius 2 is 1.38 bits per heavy atom. The molecule has 48 heavy (non-hydrogen) atoms. The van der Waals surface area contributed by atoms with Gasteiger partial charge in [0.25, 0.3) is 0 Å². The number of fused-ring (bicyclic) bond motifs is 3. The van der Waals surface area contributed by atoms with E-state index in [0.717, 1.165) is 66.8 Å². The van der Waals surface area contributed by atoms with Crippen LogP contribution in [0.3, 0.4) is 0 Å². The van der Waals surface area contributed by atoms with E-state index < -0.39 is 59.8 Å². The summed E-state index contributed by atoms with van der Waals surface area (Å²) in [6, 6.07) is 14.9. The minimum atomic E-state index is -5.05. The lowest BCUT2D eigenvalue weighted by atomic mass is 9.67. The Labute approximate surface area is 279 Å². The number of quaternary nitrogens is 1. The zero-order chi connectivity index (χ0) is 33.7. The predicted octanol–water partition coefficient (Wildman–Crippen LogP) is 4.89. The third kappa shape index (κ3) is 7.50. The molecule has 260 valence electrons. The zero-order valence-corrected chi connectivity index (χ0v) is 26.7. The Morgan fingerprint density at radius 1 is 0.771 bits per heavy atom. The van der Waals surface area contributed by atoms with Crippen LogP contribution in [0.15, 0.2) is 66.7 Å². The third-order valence-electron chi connectivity index (χ3n) is 10.5. The molecule has 0 aromatic heterocycles. The lowest BCUT2D eigenvalue weighted by Crippen LogP contribution is -3.00. The van der Waals surface area contributed by atoms with E-state index in [1.807, 2.05) is 18.2 Å². The Balaban J connectivity index is 0.00000451. The van der Waals surface area contributed by atoms with Gasteiger partial charge in [0.05, 0.1) is 43.9 Å². The van der Waals surface area contributed by atoms with Crippen molar-refractivity contribution in [1.82, 2.24) is 4.90 Å². The van der Waals surface area contributed by atoms with E-state index in [0.29, 0.717) is 18.7 Å². The number of ether oxygens (including phenoxy) is 1. The van der Waals surface area contributed by atoms with Gasteiger partial charge in [0.2, 0.25) is 5.91 Å². The molecule has 0 spiro atoms. The Kier molecular flexibility index (Phi) is 9.95. The second-order valence-corrected chi connectivity index (χ2v) is 13.5. The molecular weight excluding hydrogens is 668 g/mol. The van der Waals surface area contributed by atoms with Crippen molar-refractivity contribution in [3.63, 3.8) is 0 Å². The van der Waals surface area contributed by atoms with E-state index in [1.165, 1.54) is 11.6 Å². The van der Waals surface area contributed by atoms with Gasteiger partial charge >= 0.3 is 12.4 Å². The normalized spacial score (nSPS) is 26.0. The maximum atomic E-state index is 14.6. The lowest BCUT2D eigenvalue weighted by molar-refractivity contribution is -0.946. The van der Waals surface area contributed by atoms with Crippen molar-refractivity contribution in [3.05, 3.63) is 106 Å². The molecule has 4 aliphatic heterocycles. The molecule has 1 amide bonds. The first-order valence-corrected chi connectivity index (χ1v) is 15.6. The van der Waals surface area contributed by atoms with Gasteiger partial charge in [0, 0.05) is 32.2 Å². The summed E-state index contributed by atoms with van der Waals surface area (Å²) in [4.78, 5) is 14.2. The molecule has 0 radical (unpaired) electrons. The molecule has 7 rings (SSSR count). The summed E-state index contributed by atoms with van der Waals surface area (Å²) in [5.74, 6) is -2.85. The minimum Gasteiger partial charge on any atom is -1.00 e. The van der Waals surface area contributed by atoms with Crippen molar-refractivity contribution >= 4 is 5.91 Å². The van der Waals surface area contributed by atoms with E-state index >= 15 is 0 Å². The minimum absolute atomic E-state index is 0. The van der Waals surface area contributed by atoms with Crippen molar-refractivity contribution in [3.8, 4) is 0 Å². The Hall–Kier alpha value is -3.22. The number of carbonyl (C=O) groups excluding carboxylic acids is 1. The summed E-state index contributed by atoms with van der Waals surface area (Å²) in [7, 11) is 0. The van der Waals surface area contributed by atoms with Crippen molar-refractivity contribution in [2.24, 2.45) is 5.41 Å². The summed E-state index contributed by atoms with van der Waals surface area (Å²) in [6.45, 7) is 1.99. The molecule has 13 heteroatoms. The molecule has 4 fully saturated rings. The van der Waals surface area contributed by atoms with Gasteiger partial charge in [0.1, 0.15) is 12.2 Å². The maximum Gasteiger partial charge on any atom is 0.416 e. The van der Waals surface area contributed by atoms with Crippen LogP contribution in [-0.2, 0) is 40.5 Å². The molecule has 3 aromatic carbocycles. The number of nitrogens with zero attached hydrogens (tertiary/aromatic N) is 2. The van der Waals surface area contributed by atoms with Crippen molar-refractivity contribution in [2.75, 3.05) is 39.3 Å². The van der Waals surface area contributed by atoms with E-state index in [2.05, 4.69) is 12.1 Å². The van der Waals surface area contributed by atoms with Gasteiger partial charge in [-0.3, -0.25) is 4.79 Å². The number of halogens is 9. The van der Waals surface area contributed by atoms with Crippen LogP contribution < -0.4 is 12.4 Å². The lowest BCUT2D eigenvalue weighted by Gasteiger charge is -2.56. The van der Waals surface area contributed by atoms with Gasteiger partial charge in [-0.2, -0.15) is 26.3 Å². The average molecular weight is 703 g/mol.